The molecular weight excluding hydrogens is 392 g/mol. The molecule has 168 valence electrons. The number of likely N-dealkylation sites (tertiary alicyclic amines) is 1. The highest BCUT2D eigenvalue weighted by atomic mass is 16.2. The zero-order valence-corrected chi connectivity index (χ0v) is 19.1. The van der Waals surface area contributed by atoms with E-state index >= 15 is 0 Å². The number of piperidine rings is 1. The van der Waals surface area contributed by atoms with Crippen molar-refractivity contribution in [3.63, 3.8) is 0 Å². The van der Waals surface area contributed by atoms with Crippen molar-refractivity contribution in [2.24, 2.45) is 11.8 Å². The van der Waals surface area contributed by atoms with E-state index < -0.39 is 5.54 Å². The Hall–Kier alpha value is -2.70. The molecule has 0 spiro atoms. The van der Waals surface area contributed by atoms with Gasteiger partial charge in [-0.2, -0.15) is 0 Å². The smallest absolute Gasteiger partial charge is 0.325 e. The van der Waals surface area contributed by atoms with E-state index in [1.54, 1.807) is 6.20 Å². The summed E-state index contributed by atoms with van der Waals surface area (Å²) >= 11 is 0. The van der Waals surface area contributed by atoms with Crippen LogP contribution in [0.3, 0.4) is 0 Å². The van der Waals surface area contributed by atoms with Gasteiger partial charge in [-0.25, -0.2) is 4.79 Å². The Bertz CT molecular complexity index is 844. The molecule has 3 heterocycles. The molecule has 2 saturated heterocycles. The van der Waals surface area contributed by atoms with Gasteiger partial charge >= 0.3 is 6.03 Å². The Labute approximate surface area is 184 Å². The number of rotatable bonds is 7. The second-order valence-corrected chi connectivity index (χ2v) is 9.08. The lowest BCUT2D eigenvalue weighted by molar-refractivity contribution is -0.135. The lowest BCUT2D eigenvalue weighted by Gasteiger charge is -2.41. The van der Waals surface area contributed by atoms with Crippen molar-refractivity contribution in [1.29, 1.82) is 0 Å². The second-order valence-electron chi connectivity index (χ2n) is 9.08. The van der Waals surface area contributed by atoms with Crippen LogP contribution in [0.4, 0.5) is 4.79 Å². The van der Waals surface area contributed by atoms with Crippen molar-refractivity contribution in [2.75, 3.05) is 13.1 Å². The summed E-state index contributed by atoms with van der Waals surface area (Å²) in [5.41, 5.74) is 0.522. The third-order valence-electron chi connectivity index (χ3n) is 6.61. The summed E-state index contributed by atoms with van der Waals surface area (Å²) < 4.78 is 0. The van der Waals surface area contributed by atoms with Gasteiger partial charge in [-0.1, -0.05) is 26.0 Å². The van der Waals surface area contributed by atoms with E-state index in [-0.39, 0.29) is 30.3 Å². The van der Waals surface area contributed by atoms with Gasteiger partial charge in [0.2, 0.25) is 5.91 Å². The topological polar surface area (TPSA) is 82.6 Å². The van der Waals surface area contributed by atoms with Crippen LogP contribution < -0.4 is 5.32 Å². The fourth-order valence-corrected chi connectivity index (χ4v) is 4.56. The fraction of sp³-hybridized carbons (Fsp3) is 0.583. The number of carbonyl (C=O) groups excluding carboxylic acids is 3. The third kappa shape index (κ3) is 4.81. The highest BCUT2D eigenvalue weighted by molar-refractivity contribution is 6.07. The lowest BCUT2D eigenvalue weighted by atomic mass is 9.73. The van der Waals surface area contributed by atoms with Crippen LogP contribution in [0.5, 0.6) is 0 Å². The maximum atomic E-state index is 13.6. The minimum Gasteiger partial charge on any atom is -0.339 e. The number of urea groups is 1. The van der Waals surface area contributed by atoms with Gasteiger partial charge in [-0.15, -0.1) is 0 Å². The van der Waals surface area contributed by atoms with Gasteiger partial charge in [0.1, 0.15) is 5.54 Å². The van der Waals surface area contributed by atoms with Crippen LogP contribution >= 0.6 is 0 Å². The summed E-state index contributed by atoms with van der Waals surface area (Å²) in [5, 5.41) is 3.09. The summed E-state index contributed by atoms with van der Waals surface area (Å²) in [6.45, 7) is 9.32. The normalized spacial score (nSPS) is 22.9. The molecule has 4 amide bonds. The molecule has 0 saturated carbocycles. The Morgan fingerprint density at radius 3 is 2.58 bits per heavy atom. The van der Waals surface area contributed by atoms with E-state index in [4.69, 9.17) is 0 Å². The zero-order valence-electron chi connectivity index (χ0n) is 19.1. The molecule has 0 unspecified atom stereocenters. The van der Waals surface area contributed by atoms with Gasteiger partial charge < -0.3 is 10.2 Å². The molecule has 31 heavy (non-hydrogen) atoms. The molecule has 0 bridgehead atoms. The Balaban J connectivity index is 1.79. The average Bonchev–Trinajstić information content (AvgIpc) is 3.02. The van der Waals surface area contributed by atoms with Gasteiger partial charge in [0.05, 0.1) is 12.2 Å². The predicted octanol–water partition coefficient (Wildman–Crippen LogP) is 3.51. The molecule has 0 radical (unpaired) electrons. The van der Waals surface area contributed by atoms with Crippen LogP contribution in [0.15, 0.2) is 36.0 Å². The predicted molar refractivity (Wildman–Crippen MR) is 119 cm³/mol. The number of nitrogens with one attached hydrogen (secondary N) is 1. The molecule has 2 aliphatic rings. The quantitative estimate of drug-likeness (QED) is 0.534. The summed E-state index contributed by atoms with van der Waals surface area (Å²) in [4.78, 5) is 46.5. The molecule has 1 aromatic rings. The van der Waals surface area contributed by atoms with E-state index in [1.165, 1.54) is 4.90 Å². The SMILES string of the molecule is C/C=C(\C)C(=O)N1CCC([C@]2(CCC(C)C)NC(=O)N(Cc3ccccn3)C2=O)CC1. The second kappa shape index (κ2) is 9.62. The number of allylic oxidation sites excluding steroid dienone is 1. The molecule has 1 aromatic heterocycles. The first-order valence-corrected chi connectivity index (χ1v) is 11.2. The third-order valence-corrected chi connectivity index (χ3v) is 6.61. The van der Waals surface area contributed by atoms with Crippen LogP contribution in [0.1, 0.15) is 59.1 Å². The molecule has 1 atom stereocenters. The van der Waals surface area contributed by atoms with Crippen molar-refractivity contribution in [1.82, 2.24) is 20.1 Å². The molecular formula is C24H34N4O3. The van der Waals surface area contributed by atoms with E-state index in [2.05, 4.69) is 24.1 Å². The van der Waals surface area contributed by atoms with Gasteiger partial charge in [-0.3, -0.25) is 19.5 Å². The minimum absolute atomic E-state index is 0.00592. The number of aromatic nitrogens is 1. The molecule has 0 aliphatic carbocycles. The van der Waals surface area contributed by atoms with Crippen molar-refractivity contribution >= 4 is 17.8 Å². The van der Waals surface area contributed by atoms with E-state index in [0.29, 0.717) is 44.0 Å². The van der Waals surface area contributed by atoms with Crippen molar-refractivity contribution in [3.05, 3.63) is 41.7 Å². The highest BCUT2D eigenvalue weighted by Crippen LogP contribution is 2.38. The van der Waals surface area contributed by atoms with Gasteiger partial charge in [0, 0.05) is 24.9 Å². The number of hydrogen-bond donors (Lipinski definition) is 1. The summed E-state index contributed by atoms with van der Waals surface area (Å²) in [6.07, 6.45) is 6.35. The maximum Gasteiger partial charge on any atom is 0.325 e. The first kappa shape index (κ1) is 23.0. The average molecular weight is 427 g/mol. The van der Waals surface area contributed by atoms with Crippen LogP contribution in [0.25, 0.3) is 0 Å². The summed E-state index contributed by atoms with van der Waals surface area (Å²) in [5.74, 6) is 0.325. The first-order valence-electron chi connectivity index (χ1n) is 11.2. The number of hydrogen-bond acceptors (Lipinski definition) is 4. The zero-order chi connectivity index (χ0) is 22.6. The fourth-order valence-electron chi connectivity index (χ4n) is 4.56. The van der Waals surface area contributed by atoms with E-state index in [9.17, 15) is 14.4 Å². The molecule has 0 aromatic carbocycles. The Morgan fingerprint density at radius 1 is 1.29 bits per heavy atom. The van der Waals surface area contributed by atoms with Crippen molar-refractivity contribution in [3.8, 4) is 0 Å². The monoisotopic (exact) mass is 426 g/mol. The minimum atomic E-state index is -0.902. The molecule has 7 heteroatoms. The molecule has 2 fully saturated rings. The van der Waals surface area contributed by atoms with Gasteiger partial charge in [0.15, 0.2) is 0 Å². The maximum absolute atomic E-state index is 13.6. The van der Waals surface area contributed by atoms with Crippen LogP contribution in [-0.4, -0.2) is 51.3 Å². The largest absolute Gasteiger partial charge is 0.339 e. The molecule has 1 N–H and O–H groups in total. The number of carbonyl (C=O) groups is 3. The van der Waals surface area contributed by atoms with Crippen LogP contribution in [-0.2, 0) is 16.1 Å². The summed E-state index contributed by atoms with van der Waals surface area (Å²) in [7, 11) is 0. The van der Waals surface area contributed by atoms with E-state index in [1.807, 2.05) is 43.0 Å². The Kier molecular flexibility index (Phi) is 7.13. The number of imide groups is 1. The molecule has 7 nitrogen and oxygen atoms in total. The highest BCUT2D eigenvalue weighted by Gasteiger charge is 2.55. The number of nitrogens with zero attached hydrogens (tertiary/aromatic N) is 3. The van der Waals surface area contributed by atoms with Crippen LogP contribution in [0.2, 0.25) is 0 Å². The molecule has 3 rings (SSSR count). The van der Waals surface area contributed by atoms with Crippen molar-refractivity contribution < 1.29 is 14.4 Å². The molecule has 2 aliphatic heterocycles. The first-order chi connectivity index (χ1) is 14.8. The Morgan fingerprint density at radius 2 is 2.00 bits per heavy atom. The number of pyridine rings is 1. The van der Waals surface area contributed by atoms with E-state index in [0.717, 1.165) is 12.0 Å². The standard InChI is InChI=1S/C24H34N4O3/c1-5-18(4)21(29)27-14-10-19(11-15-27)24(12-9-17(2)3)22(30)28(23(31)26-24)16-20-8-6-7-13-25-20/h5-8,13,17,19H,9-12,14-16H2,1-4H3,(H,26,31)/b18-5+/t24-/m0/s1. The van der Waals surface area contributed by atoms with Crippen molar-refractivity contribution in [2.45, 2.75) is 65.5 Å². The number of amides is 4. The lowest BCUT2D eigenvalue weighted by Crippen LogP contribution is -2.56. The van der Waals surface area contributed by atoms with Gasteiger partial charge in [0.25, 0.3) is 5.91 Å². The van der Waals surface area contributed by atoms with Crippen LogP contribution in [0, 0.1) is 11.8 Å². The van der Waals surface area contributed by atoms with Gasteiger partial charge in [-0.05, 0) is 63.5 Å². The summed E-state index contributed by atoms with van der Waals surface area (Å²) in [6, 6.07) is 5.14.